The van der Waals surface area contributed by atoms with E-state index in [9.17, 15) is 4.79 Å². The molecule has 3 N–H and O–H groups in total. The van der Waals surface area contributed by atoms with E-state index in [1.807, 2.05) is 12.1 Å². The van der Waals surface area contributed by atoms with E-state index >= 15 is 0 Å². The number of hydrogen-bond donors (Lipinski definition) is 1. The molecule has 58 valence electrons. The third-order valence-electron chi connectivity index (χ3n) is 1.47. The number of carbonyl (C=O) groups is 1. The third-order valence-corrected chi connectivity index (χ3v) is 1.69. The summed E-state index contributed by atoms with van der Waals surface area (Å²) < 4.78 is 0. The fourth-order valence-electron chi connectivity index (χ4n) is 0.802. The highest BCUT2D eigenvalue weighted by atomic mass is 35.5. The molecule has 2 nitrogen and oxygen atoms in total. The first kappa shape index (κ1) is 8.24. The van der Waals surface area contributed by atoms with Gasteiger partial charge >= 0.3 is 0 Å². The van der Waals surface area contributed by atoms with Crippen LogP contribution in [-0.4, -0.2) is 5.24 Å². The van der Waals surface area contributed by atoms with Gasteiger partial charge in [0.1, 0.15) is 0 Å². The average Bonchev–Trinajstić information content (AvgIpc) is 2.05. The van der Waals surface area contributed by atoms with Crippen LogP contribution in [0.3, 0.4) is 0 Å². The lowest BCUT2D eigenvalue weighted by Gasteiger charge is -1.94. The molecular weight excluding hydrogens is 162 g/mol. The average molecular weight is 171 g/mol. The van der Waals surface area contributed by atoms with E-state index in [2.05, 4.69) is 5.73 Å². The fourth-order valence-corrected chi connectivity index (χ4v) is 0.928. The van der Waals surface area contributed by atoms with Crippen molar-refractivity contribution >= 4 is 16.8 Å². The number of benzene rings is 1. The SMILES string of the molecule is [NH3+]Cc1ccc(C(=O)Cl)cc1. The Kier molecular flexibility index (Phi) is 2.63. The zero-order chi connectivity index (χ0) is 8.27. The summed E-state index contributed by atoms with van der Waals surface area (Å²) in [6.07, 6.45) is 0. The second-order valence-corrected chi connectivity index (χ2v) is 2.56. The van der Waals surface area contributed by atoms with Gasteiger partial charge in [-0.05, 0) is 23.7 Å². The normalized spacial score (nSPS) is 9.64. The zero-order valence-corrected chi connectivity index (χ0v) is 6.77. The highest BCUT2D eigenvalue weighted by Gasteiger charge is 1.99. The quantitative estimate of drug-likeness (QED) is 0.656. The molecule has 0 aliphatic heterocycles. The van der Waals surface area contributed by atoms with E-state index < -0.39 is 5.24 Å². The van der Waals surface area contributed by atoms with Gasteiger partial charge in [-0.15, -0.1) is 0 Å². The lowest BCUT2D eigenvalue weighted by molar-refractivity contribution is -0.386. The summed E-state index contributed by atoms with van der Waals surface area (Å²) in [4.78, 5) is 10.6. The Morgan fingerprint density at radius 3 is 2.27 bits per heavy atom. The van der Waals surface area contributed by atoms with Crippen LogP contribution in [-0.2, 0) is 6.54 Å². The molecule has 0 radical (unpaired) electrons. The first-order valence-electron chi connectivity index (χ1n) is 3.32. The van der Waals surface area contributed by atoms with Crippen LogP contribution in [0, 0.1) is 0 Å². The molecule has 0 aliphatic rings. The molecule has 0 fully saturated rings. The van der Waals surface area contributed by atoms with Gasteiger partial charge in [0.25, 0.3) is 5.24 Å². The minimum absolute atomic E-state index is 0.416. The van der Waals surface area contributed by atoms with Gasteiger partial charge in [-0.1, -0.05) is 12.1 Å². The van der Waals surface area contributed by atoms with Gasteiger partial charge in [-0.3, -0.25) is 4.79 Å². The van der Waals surface area contributed by atoms with Crippen molar-refractivity contribution in [1.82, 2.24) is 0 Å². The molecule has 11 heavy (non-hydrogen) atoms. The Hall–Kier alpha value is -0.860. The van der Waals surface area contributed by atoms with E-state index in [-0.39, 0.29) is 0 Å². The minimum Gasteiger partial charge on any atom is -0.354 e. The zero-order valence-electron chi connectivity index (χ0n) is 6.01. The number of carbonyl (C=O) groups excluding carboxylic acids is 1. The number of hydrogen-bond acceptors (Lipinski definition) is 1. The molecule has 0 atom stereocenters. The van der Waals surface area contributed by atoms with Crippen LogP contribution in [0.5, 0.6) is 0 Å². The van der Waals surface area contributed by atoms with Crippen molar-refractivity contribution in [3.05, 3.63) is 35.4 Å². The van der Waals surface area contributed by atoms with Crippen LogP contribution in [0.1, 0.15) is 15.9 Å². The Morgan fingerprint density at radius 2 is 1.91 bits per heavy atom. The lowest BCUT2D eigenvalue weighted by atomic mass is 10.1. The van der Waals surface area contributed by atoms with E-state index in [4.69, 9.17) is 11.6 Å². The number of halogens is 1. The molecule has 0 saturated heterocycles. The molecule has 0 saturated carbocycles. The van der Waals surface area contributed by atoms with Crippen LogP contribution >= 0.6 is 11.6 Å². The molecule has 0 aliphatic carbocycles. The molecule has 0 unspecified atom stereocenters. The minimum atomic E-state index is -0.416. The lowest BCUT2D eigenvalue weighted by Crippen LogP contribution is -2.47. The Bertz CT molecular complexity index is 255. The van der Waals surface area contributed by atoms with E-state index in [0.29, 0.717) is 5.56 Å². The summed E-state index contributed by atoms with van der Waals surface area (Å²) in [5, 5.41) is -0.416. The van der Waals surface area contributed by atoms with Crippen molar-refractivity contribution in [3.8, 4) is 0 Å². The van der Waals surface area contributed by atoms with Crippen LogP contribution in [0.15, 0.2) is 24.3 Å². The van der Waals surface area contributed by atoms with Gasteiger partial charge in [0, 0.05) is 11.1 Å². The number of rotatable bonds is 2. The molecule has 1 aromatic carbocycles. The second kappa shape index (κ2) is 3.51. The van der Waals surface area contributed by atoms with E-state index in [0.717, 1.165) is 12.1 Å². The van der Waals surface area contributed by atoms with Crippen LogP contribution in [0.2, 0.25) is 0 Å². The van der Waals surface area contributed by atoms with Crippen molar-refractivity contribution in [2.75, 3.05) is 0 Å². The maximum absolute atomic E-state index is 10.6. The first-order chi connectivity index (χ1) is 5.24. The van der Waals surface area contributed by atoms with Crippen molar-refractivity contribution < 1.29 is 10.5 Å². The standard InChI is InChI=1S/C8H8ClNO/c9-8(11)7-3-1-6(5-10)2-4-7/h1-4H,5,10H2/p+1. The first-order valence-corrected chi connectivity index (χ1v) is 3.70. The van der Waals surface area contributed by atoms with Crippen LogP contribution in [0.25, 0.3) is 0 Å². The summed E-state index contributed by atoms with van der Waals surface area (Å²) in [5.41, 5.74) is 5.35. The second-order valence-electron chi connectivity index (χ2n) is 2.22. The monoisotopic (exact) mass is 170 g/mol. The number of quaternary nitrogens is 1. The van der Waals surface area contributed by atoms with Gasteiger partial charge in [0.15, 0.2) is 0 Å². The Balaban J connectivity index is 2.91. The molecule has 1 rings (SSSR count). The molecule has 1 aromatic rings. The summed E-state index contributed by atoms with van der Waals surface area (Å²) in [6.45, 7) is 0.733. The van der Waals surface area contributed by atoms with Gasteiger partial charge in [-0.25, -0.2) is 0 Å². The molecular formula is C8H9ClNO+. The summed E-state index contributed by atoms with van der Waals surface area (Å²) in [6, 6.07) is 7.11. The predicted molar refractivity (Wildman–Crippen MR) is 43.2 cm³/mol. The van der Waals surface area contributed by atoms with Gasteiger partial charge in [0.05, 0.1) is 6.54 Å². The van der Waals surface area contributed by atoms with Crippen molar-refractivity contribution in [2.45, 2.75) is 6.54 Å². The molecule has 0 amide bonds. The van der Waals surface area contributed by atoms with Gasteiger partial charge in [0.2, 0.25) is 0 Å². The highest BCUT2D eigenvalue weighted by molar-refractivity contribution is 6.67. The highest BCUT2D eigenvalue weighted by Crippen LogP contribution is 2.05. The Morgan fingerprint density at radius 1 is 1.36 bits per heavy atom. The van der Waals surface area contributed by atoms with Gasteiger partial charge in [-0.2, -0.15) is 0 Å². The van der Waals surface area contributed by atoms with Crippen molar-refractivity contribution in [3.63, 3.8) is 0 Å². The maximum Gasteiger partial charge on any atom is 0.252 e. The maximum atomic E-state index is 10.6. The Labute approximate surface area is 70.0 Å². The van der Waals surface area contributed by atoms with Gasteiger partial charge < -0.3 is 5.73 Å². The van der Waals surface area contributed by atoms with E-state index in [1.54, 1.807) is 12.1 Å². The molecule has 0 spiro atoms. The van der Waals surface area contributed by atoms with Crippen molar-refractivity contribution in [1.29, 1.82) is 0 Å². The summed E-state index contributed by atoms with van der Waals surface area (Å²) >= 11 is 5.24. The topological polar surface area (TPSA) is 44.7 Å². The van der Waals surface area contributed by atoms with Crippen molar-refractivity contribution in [2.24, 2.45) is 0 Å². The third kappa shape index (κ3) is 2.03. The van der Waals surface area contributed by atoms with Crippen LogP contribution in [0.4, 0.5) is 0 Å². The summed E-state index contributed by atoms with van der Waals surface area (Å²) in [7, 11) is 0. The molecule has 0 aromatic heterocycles. The molecule has 0 heterocycles. The predicted octanol–water partition coefficient (Wildman–Crippen LogP) is 0.808. The largest absolute Gasteiger partial charge is 0.354 e. The fraction of sp³-hybridized carbons (Fsp3) is 0.125. The molecule has 3 heteroatoms. The van der Waals surface area contributed by atoms with Crippen LogP contribution < -0.4 is 5.73 Å². The smallest absolute Gasteiger partial charge is 0.252 e. The van der Waals surface area contributed by atoms with E-state index in [1.165, 1.54) is 0 Å². The summed E-state index contributed by atoms with van der Waals surface area (Å²) in [5.74, 6) is 0. The molecule has 0 bridgehead atoms.